The van der Waals surface area contributed by atoms with E-state index in [4.69, 9.17) is 4.74 Å². The van der Waals surface area contributed by atoms with Gasteiger partial charge in [-0.05, 0) is 25.2 Å². The van der Waals surface area contributed by atoms with Gasteiger partial charge in [0.25, 0.3) is 0 Å². The summed E-state index contributed by atoms with van der Waals surface area (Å²) in [5.74, 6) is 0.671. The van der Waals surface area contributed by atoms with Crippen molar-refractivity contribution in [2.45, 2.75) is 45.3 Å². The van der Waals surface area contributed by atoms with E-state index >= 15 is 0 Å². The van der Waals surface area contributed by atoms with Crippen molar-refractivity contribution in [1.29, 1.82) is 0 Å². The molecule has 1 heterocycles. The average molecular weight is 154 g/mol. The monoisotopic (exact) mass is 154 g/mol. The molecule has 0 saturated carbocycles. The van der Waals surface area contributed by atoms with Crippen molar-refractivity contribution in [1.82, 2.24) is 0 Å². The molecule has 0 spiro atoms. The summed E-state index contributed by atoms with van der Waals surface area (Å²) in [6, 6.07) is 0. The fourth-order valence-corrected chi connectivity index (χ4v) is 1.58. The Bertz CT molecular complexity index is 129. The van der Waals surface area contributed by atoms with Crippen molar-refractivity contribution in [3.63, 3.8) is 0 Å². The molecule has 1 fully saturated rings. The van der Waals surface area contributed by atoms with Gasteiger partial charge in [0, 0.05) is 0 Å². The first-order valence-corrected chi connectivity index (χ1v) is 4.50. The molecule has 2 unspecified atom stereocenters. The maximum atomic E-state index is 5.79. The Balaban J connectivity index is 2.28. The Kier molecular flexibility index (Phi) is 3.13. The van der Waals surface area contributed by atoms with Gasteiger partial charge in [0.05, 0.1) is 12.2 Å². The minimum atomic E-state index is 0.458. The molecule has 1 saturated heterocycles. The molecular weight excluding hydrogens is 136 g/mol. The van der Waals surface area contributed by atoms with Gasteiger partial charge in [0.1, 0.15) is 0 Å². The first-order valence-electron chi connectivity index (χ1n) is 4.50. The first kappa shape index (κ1) is 8.79. The van der Waals surface area contributed by atoms with E-state index < -0.39 is 0 Å². The van der Waals surface area contributed by atoms with Crippen LogP contribution in [0.25, 0.3) is 0 Å². The van der Waals surface area contributed by atoms with E-state index in [0.29, 0.717) is 18.1 Å². The summed E-state index contributed by atoms with van der Waals surface area (Å²) in [6.07, 6.45) is 6.38. The zero-order valence-electron chi connectivity index (χ0n) is 7.55. The van der Waals surface area contributed by atoms with Crippen LogP contribution in [0.3, 0.4) is 0 Å². The summed E-state index contributed by atoms with van der Waals surface area (Å²) in [5, 5.41) is 0. The Morgan fingerprint density at radius 2 is 2.27 bits per heavy atom. The van der Waals surface area contributed by atoms with E-state index in [-0.39, 0.29) is 0 Å². The van der Waals surface area contributed by atoms with Gasteiger partial charge in [-0.1, -0.05) is 19.9 Å². The van der Waals surface area contributed by atoms with Crippen LogP contribution in [0.15, 0.2) is 12.7 Å². The third-order valence-corrected chi connectivity index (χ3v) is 2.31. The standard InChI is InChI=1S/C10H18O/c1-4-5-9-6-7-10(11-9)8(2)3/h4,8-10H,1,5-7H2,2-3H3. The first-order chi connectivity index (χ1) is 5.24. The molecule has 0 aromatic carbocycles. The van der Waals surface area contributed by atoms with Gasteiger partial charge in [-0.2, -0.15) is 0 Å². The molecular formula is C10H18O. The smallest absolute Gasteiger partial charge is 0.0614 e. The van der Waals surface area contributed by atoms with Crippen molar-refractivity contribution < 1.29 is 4.74 Å². The Labute approximate surface area is 69.4 Å². The summed E-state index contributed by atoms with van der Waals surface area (Å²) in [7, 11) is 0. The van der Waals surface area contributed by atoms with Gasteiger partial charge in [0.2, 0.25) is 0 Å². The lowest BCUT2D eigenvalue weighted by Gasteiger charge is -2.15. The molecule has 0 amide bonds. The Morgan fingerprint density at radius 1 is 1.55 bits per heavy atom. The third-order valence-electron chi connectivity index (χ3n) is 2.31. The van der Waals surface area contributed by atoms with Crippen LogP contribution in [0.1, 0.15) is 33.1 Å². The van der Waals surface area contributed by atoms with Crippen LogP contribution >= 0.6 is 0 Å². The van der Waals surface area contributed by atoms with Gasteiger partial charge >= 0.3 is 0 Å². The third kappa shape index (κ3) is 2.33. The van der Waals surface area contributed by atoms with E-state index in [1.165, 1.54) is 12.8 Å². The van der Waals surface area contributed by atoms with E-state index in [1.807, 2.05) is 6.08 Å². The van der Waals surface area contributed by atoms with Crippen LogP contribution in [0.4, 0.5) is 0 Å². The normalized spacial score (nSPS) is 31.2. The Morgan fingerprint density at radius 3 is 2.73 bits per heavy atom. The highest BCUT2D eigenvalue weighted by molar-refractivity contribution is 4.81. The molecule has 64 valence electrons. The van der Waals surface area contributed by atoms with Gasteiger partial charge in [-0.15, -0.1) is 6.58 Å². The zero-order valence-corrected chi connectivity index (χ0v) is 7.55. The predicted octanol–water partition coefficient (Wildman–Crippen LogP) is 2.77. The molecule has 11 heavy (non-hydrogen) atoms. The highest BCUT2D eigenvalue weighted by Gasteiger charge is 2.25. The lowest BCUT2D eigenvalue weighted by Crippen LogP contribution is -2.15. The number of hydrogen-bond acceptors (Lipinski definition) is 1. The lowest BCUT2D eigenvalue weighted by atomic mass is 10.0. The van der Waals surface area contributed by atoms with Crippen molar-refractivity contribution in [2.75, 3.05) is 0 Å². The molecule has 1 heteroatoms. The molecule has 2 atom stereocenters. The Hall–Kier alpha value is -0.300. The molecule has 1 rings (SSSR count). The fourth-order valence-electron chi connectivity index (χ4n) is 1.58. The summed E-state index contributed by atoms with van der Waals surface area (Å²) >= 11 is 0. The van der Waals surface area contributed by atoms with Crippen LogP contribution in [0.2, 0.25) is 0 Å². The largest absolute Gasteiger partial charge is 0.374 e. The minimum absolute atomic E-state index is 0.458. The molecule has 0 radical (unpaired) electrons. The van der Waals surface area contributed by atoms with Gasteiger partial charge in [0.15, 0.2) is 0 Å². The van der Waals surface area contributed by atoms with Gasteiger partial charge in [-0.25, -0.2) is 0 Å². The molecule has 1 aliphatic rings. The van der Waals surface area contributed by atoms with Crippen molar-refractivity contribution in [3.05, 3.63) is 12.7 Å². The van der Waals surface area contributed by atoms with E-state index in [2.05, 4.69) is 20.4 Å². The number of ether oxygens (including phenoxy) is 1. The van der Waals surface area contributed by atoms with E-state index in [1.54, 1.807) is 0 Å². The molecule has 0 aliphatic carbocycles. The topological polar surface area (TPSA) is 9.23 Å². The second kappa shape index (κ2) is 3.91. The summed E-state index contributed by atoms with van der Waals surface area (Å²) < 4.78 is 5.79. The summed E-state index contributed by atoms with van der Waals surface area (Å²) in [6.45, 7) is 8.16. The van der Waals surface area contributed by atoms with Crippen molar-refractivity contribution in [3.8, 4) is 0 Å². The lowest BCUT2D eigenvalue weighted by molar-refractivity contribution is 0.0214. The highest BCUT2D eigenvalue weighted by Crippen LogP contribution is 2.26. The van der Waals surface area contributed by atoms with Crippen molar-refractivity contribution in [2.24, 2.45) is 5.92 Å². The zero-order chi connectivity index (χ0) is 8.27. The molecule has 1 aliphatic heterocycles. The molecule has 0 bridgehead atoms. The fraction of sp³-hybridized carbons (Fsp3) is 0.800. The van der Waals surface area contributed by atoms with Crippen LogP contribution in [0.5, 0.6) is 0 Å². The summed E-state index contributed by atoms with van der Waals surface area (Å²) in [4.78, 5) is 0. The van der Waals surface area contributed by atoms with Crippen LogP contribution in [-0.2, 0) is 4.74 Å². The minimum Gasteiger partial charge on any atom is -0.374 e. The van der Waals surface area contributed by atoms with Gasteiger partial charge in [-0.3, -0.25) is 0 Å². The molecule has 0 N–H and O–H groups in total. The maximum Gasteiger partial charge on any atom is 0.0614 e. The molecule has 0 aromatic heterocycles. The maximum absolute atomic E-state index is 5.79. The van der Waals surface area contributed by atoms with Gasteiger partial charge < -0.3 is 4.74 Å². The van der Waals surface area contributed by atoms with Crippen LogP contribution < -0.4 is 0 Å². The van der Waals surface area contributed by atoms with Crippen LogP contribution in [-0.4, -0.2) is 12.2 Å². The SMILES string of the molecule is C=CCC1CCC(C(C)C)O1. The van der Waals surface area contributed by atoms with Crippen LogP contribution in [0, 0.1) is 5.92 Å². The molecule has 1 nitrogen and oxygen atoms in total. The van der Waals surface area contributed by atoms with Crippen molar-refractivity contribution >= 4 is 0 Å². The number of hydrogen-bond donors (Lipinski definition) is 0. The average Bonchev–Trinajstić information content (AvgIpc) is 2.37. The van der Waals surface area contributed by atoms with E-state index in [0.717, 1.165) is 6.42 Å². The predicted molar refractivity (Wildman–Crippen MR) is 47.5 cm³/mol. The van der Waals surface area contributed by atoms with E-state index in [9.17, 15) is 0 Å². The molecule has 0 aromatic rings. The second-order valence-electron chi connectivity index (χ2n) is 3.64. The highest BCUT2D eigenvalue weighted by atomic mass is 16.5. The number of rotatable bonds is 3. The second-order valence-corrected chi connectivity index (χ2v) is 3.64. The summed E-state index contributed by atoms with van der Waals surface area (Å²) in [5.41, 5.74) is 0. The quantitative estimate of drug-likeness (QED) is 0.568.